The van der Waals surface area contributed by atoms with Crippen LogP contribution < -0.4 is 5.32 Å². The van der Waals surface area contributed by atoms with Gasteiger partial charge in [-0.2, -0.15) is 0 Å². The summed E-state index contributed by atoms with van der Waals surface area (Å²) in [6.07, 6.45) is 2.25. The van der Waals surface area contributed by atoms with Crippen LogP contribution in [0.1, 0.15) is 30.9 Å². The van der Waals surface area contributed by atoms with Gasteiger partial charge in [-0.3, -0.25) is 14.5 Å². The fourth-order valence-corrected chi connectivity index (χ4v) is 3.29. The number of aryl methyl sites for hydroxylation is 1. The van der Waals surface area contributed by atoms with Crippen LogP contribution in [0.15, 0.2) is 24.3 Å². The highest BCUT2D eigenvalue weighted by atomic mass is 16.5. The fraction of sp³-hybridized carbons (Fsp3) is 0.438. The lowest BCUT2D eigenvalue weighted by atomic mass is 9.76. The second-order valence-electron chi connectivity index (χ2n) is 5.54. The van der Waals surface area contributed by atoms with Gasteiger partial charge in [0.25, 0.3) is 5.91 Å². The maximum Gasteiger partial charge on any atom is 0.326 e. The van der Waals surface area contributed by atoms with Crippen molar-refractivity contribution in [2.75, 3.05) is 13.2 Å². The number of nitrogens with zero attached hydrogens (tertiary/aromatic N) is 1. The van der Waals surface area contributed by atoms with Crippen LogP contribution in [0, 0.1) is 0 Å². The van der Waals surface area contributed by atoms with E-state index in [0.717, 1.165) is 28.9 Å². The molecule has 1 atom stereocenters. The van der Waals surface area contributed by atoms with E-state index in [0.29, 0.717) is 6.42 Å². The van der Waals surface area contributed by atoms with Crippen LogP contribution in [0.4, 0.5) is 4.79 Å². The minimum absolute atomic E-state index is 0.219. The Morgan fingerprint density at radius 3 is 2.91 bits per heavy atom. The first-order valence-electron chi connectivity index (χ1n) is 7.46. The van der Waals surface area contributed by atoms with Crippen LogP contribution in [0.2, 0.25) is 0 Å². The van der Waals surface area contributed by atoms with Gasteiger partial charge in [-0.25, -0.2) is 4.79 Å². The van der Waals surface area contributed by atoms with Crippen molar-refractivity contribution in [2.24, 2.45) is 0 Å². The molecule has 1 heterocycles. The van der Waals surface area contributed by atoms with Crippen molar-refractivity contribution in [3.05, 3.63) is 35.4 Å². The summed E-state index contributed by atoms with van der Waals surface area (Å²) in [5.41, 5.74) is 0.879. The van der Waals surface area contributed by atoms with Gasteiger partial charge in [0, 0.05) is 0 Å². The Hall–Kier alpha value is -2.37. The zero-order chi connectivity index (χ0) is 15.7. The van der Waals surface area contributed by atoms with Crippen molar-refractivity contribution in [3.63, 3.8) is 0 Å². The van der Waals surface area contributed by atoms with E-state index < -0.39 is 17.5 Å². The first kappa shape index (κ1) is 14.6. The molecule has 6 nitrogen and oxygen atoms in total. The van der Waals surface area contributed by atoms with E-state index >= 15 is 0 Å². The molecule has 1 spiro atoms. The summed E-state index contributed by atoms with van der Waals surface area (Å²) in [4.78, 5) is 37.6. The molecule has 6 heteroatoms. The van der Waals surface area contributed by atoms with Crippen LogP contribution in [0.5, 0.6) is 0 Å². The largest absolute Gasteiger partial charge is 0.465 e. The van der Waals surface area contributed by atoms with E-state index in [1.165, 1.54) is 0 Å². The number of hydrogen-bond donors (Lipinski definition) is 1. The number of hydrogen-bond acceptors (Lipinski definition) is 4. The average Bonchev–Trinajstić information content (AvgIpc) is 2.73. The van der Waals surface area contributed by atoms with Gasteiger partial charge in [-0.05, 0) is 37.3 Å². The number of amides is 3. The van der Waals surface area contributed by atoms with Crippen LogP contribution in [0.3, 0.4) is 0 Å². The van der Waals surface area contributed by atoms with Crippen molar-refractivity contribution in [3.8, 4) is 0 Å². The third-order valence-corrected chi connectivity index (χ3v) is 4.24. The number of urea groups is 1. The first-order chi connectivity index (χ1) is 10.6. The summed E-state index contributed by atoms with van der Waals surface area (Å²) in [5.74, 6) is -0.940. The van der Waals surface area contributed by atoms with Crippen LogP contribution >= 0.6 is 0 Å². The molecule has 0 radical (unpaired) electrons. The molecule has 1 aromatic carbocycles. The number of fused-ring (bicyclic) bond motifs is 2. The topological polar surface area (TPSA) is 75.7 Å². The van der Waals surface area contributed by atoms with Gasteiger partial charge in [0.05, 0.1) is 6.61 Å². The number of esters is 1. The normalized spacial score (nSPS) is 23.4. The van der Waals surface area contributed by atoms with E-state index in [2.05, 4.69) is 5.32 Å². The van der Waals surface area contributed by atoms with Gasteiger partial charge in [0.15, 0.2) is 0 Å². The molecule has 1 aliphatic carbocycles. The average molecular weight is 302 g/mol. The summed E-state index contributed by atoms with van der Waals surface area (Å²) < 4.78 is 4.83. The number of carbonyl (C=O) groups excluding carboxylic acids is 3. The Morgan fingerprint density at radius 2 is 2.14 bits per heavy atom. The van der Waals surface area contributed by atoms with E-state index in [4.69, 9.17) is 4.74 Å². The second kappa shape index (κ2) is 5.44. The van der Waals surface area contributed by atoms with Gasteiger partial charge in [-0.1, -0.05) is 24.3 Å². The molecule has 0 aromatic heterocycles. The monoisotopic (exact) mass is 302 g/mol. The number of ether oxygens (including phenoxy) is 1. The first-order valence-corrected chi connectivity index (χ1v) is 7.46. The summed E-state index contributed by atoms with van der Waals surface area (Å²) in [6, 6.07) is 7.11. The molecular formula is C16H18N2O4. The predicted molar refractivity (Wildman–Crippen MR) is 77.9 cm³/mol. The Bertz CT molecular complexity index is 643. The molecule has 2 aliphatic rings. The van der Waals surface area contributed by atoms with Crippen LogP contribution in [-0.4, -0.2) is 36.0 Å². The molecule has 1 N–H and O–H groups in total. The summed E-state index contributed by atoms with van der Waals surface area (Å²) >= 11 is 0. The molecule has 0 saturated carbocycles. The molecule has 0 bridgehead atoms. The number of carbonyl (C=O) groups is 3. The number of imide groups is 1. The molecule has 3 amide bonds. The highest BCUT2D eigenvalue weighted by molar-refractivity contribution is 6.09. The number of nitrogens with one attached hydrogen (secondary N) is 1. The molecule has 1 fully saturated rings. The smallest absolute Gasteiger partial charge is 0.326 e. The molecule has 1 aliphatic heterocycles. The Kier molecular flexibility index (Phi) is 3.60. The Labute approximate surface area is 128 Å². The quantitative estimate of drug-likeness (QED) is 0.675. The van der Waals surface area contributed by atoms with E-state index in [-0.39, 0.29) is 19.1 Å². The maximum absolute atomic E-state index is 12.8. The third kappa shape index (κ3) is 2.15. The fourth-order valence-electron chi connectivity index (χ4n) is 3.29. The minimum atomic E-state index is -1.03. The van der Waals surface area contributed by atoms with Gasteiger partial charge in [0.1, 0.15) is 12.1 Å². The Balaban J connectivity index is 1.93. The molecular weight excluding hydrogens is 284 g/mol. The lowest BCUT2D eigenvalue weighted by Gasteiger charge is -2.33. The van der Waals surface area contributed by atoms with Crippen molar-refractivity contribution < 1.29 is 19.1 Å². The van der Waals surface area contributed by atoms with Gasteiger partial charge in [0.2, 0.25) is 0 Å². The third-order valence-electron chi connectivity index (χ3n) is 4.24. The molecule has 1 aromatic rings. The minimum Gasteiger partial charge on any atom is -0.465 e. The van der Waals surface area contributed by atoms with Gasteiger partial charge >= 0.3 is 12.0 Å². The van der Waals surface area contributed by atoms with Crippen molar-refractivity contribution in [2.45, 2.75) is 31.7 Å². The van der Waals surface area contributed by atoms with E-state index in [1.54, 1.807) is 6.92 Å². The van der Waals surface area contributed by atoms with Crippen molar-refractivity contribution in [1.82, 2.24) is 10.2 Å². The molecule has 0 unspecified atom stereocenters. The van der Waals surface area contributed by atoms with Crippen molar-refractivity contribution >= 4 is 17.9 Å². The maximum atomic E-state index is 12.8. The summed E-state index contributed by atoms with van der Waals surface area (Å²) in [5, 5.41) is 2.80. The van der Waals surface area contributed by atoms with Crippen molar-refractivity contribution in [1.29, 1.82) is 0 Å². The summed E-state index contributed by atoms with van der Waals surface area (Å²) in [7, 11) is 0. The molecule has 1 saturated heterocycles. The zero-order valence-electron chi connectivity index (χ0n) is 12.4. The predicted octanol–water partition coefficient (Wildman–Crippen LogP) is 1.33. The summed E-state index contributed by atoms with van der Waals surface area (Å²) in [6.45, 7) is 1.56. The Morgan fingerprint density at radius 1 is 1.36 bits per heavy atom. The standard InChI is InChI=1S/C16H18N2O4/c1-2-22-13(19)10-18-14(20)16(17-15(18)21)9-5-7-11-6-3-4-8-12(11)16/h3-4,6,8H,2,5,7,9-10H2,1H3,(H,17,21)/t16-/m1/s1. The molecule has 116 valence electrons. The van der Waals surface area contributed by atoms with E-state index in [1.807, 2.05) is 24.3 Å². The molecule has 3 rings (SSSR count). The van der Waals surface area contributed by atoms with Crippen LogP contribution in [0.25, 0.3) is 0 Å². The zero-order valence-corrected chi connectivity index (χ0v) is 12.4. The van der Waals surface area contributed by atoms with Gasteiger partial charge in [-0.15, -0.1) is 0 Å². The molecule has 22 heavy (non-hydrogen) atoms. The highest BCUT2D eigenvalue weighted by Gasteiger charge is 2.54. The van der Waals surface area contributed by atoms with Crippen LogP contribution in [-0.2, 0) is 26.3 Å². The van der Waals surface area contributed by atoms with E-state index in [9.17, 15) is 14.4 Å². The number of rotatable bonds is 3. The SMILES string of the molecule is CCOC(=O)CN1C(=O)N[C@@]2(CCCc3ccccc32)C1=O. The lowest BCUT2D eigenvalue weighted by Crippen LogP contribution is -2.46. The second-order valence-corrected chi connectivity index (χ2v) is 5.54. The highest BCUT2D eigenvalue weighted by Crippen LogP contribution is 2.39. The number of benzene rings is 1. The lowest BCUT2D eigenvalue weighted by molar-refractivity contribution is -0.147. The van der Waals surface area contributed by atoms with Gasteiger partial charge < -0.3 is 10.1 Å².